The Morgan fingerprint density at radius 2 is 1.17 bits per heavy atom. The van der Waals surface area contributed by atoms with Gasteiger partial charge in [-0.1, -0.05) is 48.5 Å². The van der Waals surface area contributed by atoms with E-state index < -0.39 is 11.6 Å². The molecule has 0 fully saturated rings. The molecule has 6 rings (SSSR count). The number of rotatable bonds is 7. The summed E-state index contributed by atoms with van der Waals surface area (Å²) in [6, 6.07) is 31.8. The monoisotopic (exact) mass is 556 g/mol. The summed E-state index contributed by atoms with van der Waals surface area (Å²) in [5, 5.41) is 11.6. The Bertz CT molecular complexity index is 1950. The minimum absolute atomic E-state index is 0.289. The molecule has 210 valence electrons. The lowest BCUT2D eigenvalue weighted by atomic mass is 10.0. The number of hydrogen-bond donors (Lipinski definition) is 1. The quantitative estimate of drug-likeness (QED) is 0.202. The molecule has 6 heteroatoms. The highest BCUT2D eigenvalue weighted by Crippen LogP contribution is 2.29. The van der Waals surface area contributed by atoms with Gasteiger partial charge in [-0.2, -0.15) is 0 Å². The Morgan fingerprint density at radius 1 is 0.667 bits per heavy atom. The lowest BCUT2D eigenvalue weighted by Crippen LogP contribution is -2.23. The zero-order valence-electron chi connectivity index (χ0n) is 23.9. The molecule has 2 aromatic heterocycles. The number of esters is 1. The van der Waals surface area contributed by atoms with Crippen molar-refractivity contribution in [3.63, 3.8) is 0 Å². The van der Waals surface area contributed by atoms with E-state index in [1.807, 2.05) is 51.2 Å². The van der Waals surface area contributed by atoms with E-state index in [1.54, 1.807) is 24.3 Å². The number of fused-ring (bicyclic) bond motifs is 2. The second-order valence-corrected chi connectivity index (χ2v) is 11.6. The van der Waals surface area contributed by atoms with Crippen molar-refractivity contribution < 1.29 is 19.4 Å². The molecule has 6 aromatic rings. The maximum absolute atomic E-state index is 12.6. The van der Waals surface area contributed by atoms with Crippen LogP contribution in [0.2, 0.25) is 0 Å². The van der Waals surface area contributed by atoms with Crippen LogP contribution in [0.25, 0.3) is 32.9 Å². The molecular weight excluding hydrogens is 524 g/mol. The molecular formula is C36H32N2O4. The average Bonchev–Trinajstić information content (AvgIpc) is 3.55. The number of nitrogens with zero attached hydrogens (tertiary/aromatic N) is 2. The molecule has 0 aliphatic heterocycles. The van der Waals surface area contributed by atoms with Crippen molar-refractivity contribution in [3.8, 4) is 11.1 Å². The van der Waals surface area contributed by atoms with Crippen molar-refractivity contribution >= 4 is 33.7 Å². The number of hydrogen-bond acceptors (Lipinski definition) is 3. The fraction of sp³-hybridized carbons (Fsp3) is 0.167. The Balaban J connectivity index is 1.29. The van der Waals surface area contributed by atoms with Crippen LogP contribution in [0.4, 0.5) is 0 Å². The van der Waals surface area contributed by atoms with E-state index >= 15 is 0 Å². The molecule has 0 atom stereocenters. The van der Waals surface area contributed by atoms with Crippen LogP contribution in [0, 0.1) is 0 Å². The minimum Gasteiger partial charge on any atom is -0.478 e. The lowest BCUT2D eigenvalue weighted by Gasteiger charge is -2.19. The van der Waals surface area contributed by atoms with E-state index in [1.165, 1.54) is 0 Å². The van der Waals surface area contributed by atoms with E-state index in [0.29, 0.717) is 18.7 Å². The second kappa shape index (κ2) is 10.7. The summed E-state index contributed by atoms with van der Waals surface area (Å²) in [6.45, 7) is 6.81. The van der Waals surface area contributed by atoms with E-state index in [-0.39, 0.29) is 11.5 Å². The van der Waals surface area contributed by atoms with Crippen molar-refractivity contribution in [1.29, 1.82) is 0 Å². The van der Waals surface area contributed by atoms with E-state index in [0.717, 1.165) is 44.1 Å². The van der Waals surface area contributed by atoms with Gasteiger partial charge in [0.1, 0.15) is 5.60 Å². The number of benzene rings is 4. The van der Waals surface area contributed by atoms with Crippen LogP contribution in [0.15, 0.2) is 109 Å². The molecule has 2 heterocycles. The molecule has 0 saturated carbocycles. The Labute approximate surface area is 244 Å². The smallest absolute Gasteiger partial charge is 0.338 e. The maximum Gasteiger partial charge on any atom is 0.338 e. The van der Waals surface area contributed by atoms with Gasteiger partial charge in [0.05, 0.1) is 11.1 Å². The number of aromatic carboxylic acids is 1. The summed E-state index contributed by atoms with van der Waals surface area (Å²) in [6.07, 6.45) is 4.12. The van der Waals surface area contributed by atoms with Gasteiger partial charge >= 0.3 is 11.9 Å². The van der Waals surface area contributed by atoms with Crippen LogP contribution < -0.4 is 0 Å². The first-order valence-corrected chi connectivity index (χ1v) is 14.0. The van der Waals surface area contributed by atoms with Gasteiger partial charge in [0, 0.05) is 36.5 Å². The van der Waals surface area contributed by atoms with Crippen molar-refractivity contribution in [3.05, 3.63) is 132 Å². The molecule has 0 saturated heterocycles. The largest absolute Gasteiger partial charge is 0.478 e. The molecule has 0 bridgehead atoms. The third kappa shape index (κ3) is 5.70. The van der Waals surface area contributed by atoms with Crippen LogP contribution in [-0.4, -0.2) is 31.8 Å². The molecule has 1 N–H and O–H groups in total. The summed E-state index contributed by atoms with van der Waals surface area (Å²) in [5.41, 5.74) is 6.65. The predicted octanol–water partition coefficient (Wildman–Crippen LogP) is 8.01. The fourth-order valence-electron chi connectivity index (χ4n) is 5.33. The molecule has 6 nitrogen and oxygen atoms in total. The highest BCUT2D eigenvalue weighted by Gasteiger charge is 2.18. The van der Waals surface area contributed by atoms with E-state index in [4.69, 9.17) is 4.74 Å². The van der Waals surface area contributed by atoms with Gasteiger partial charge in [0.25, 0.3) is 0 Å². The number of aromatic nitrogens is 2. The van der Waals surface area contributed by atoms with Gasteiger partial charge in [-0.15, -0.1) is 0 Å². The SMILES string of the molecule is CC(C)(C)OC(=O)c1cccc(Cn2ccc3ccc(-c4ccc5ccn(Cc6cccc(C(=O)O)c6)c5c4)cc32)c1. The first-order chi connectivity index (χ1) is 20.1. The first kappa shape index (κ1) is 27.1. The minimum atomic E-state index is -0.924. The summed E-state index contributed by atoms with van der Waals surface area (Å²) < 4.78 is 9.91. The zero-order chi connectivity index (χ0) is 29.4. The Kier molecular flexibility index (Phi) is 6.91. The van der Waals surface area contributed by atoms with Gasteiger partial charge in [-0.25, -0.2) is 9.59 Å². The number of carbonyl (C=O) groups excluding carboxylic acids is 1. The molecule has 4 aromatic carbocycles. The summed E-state index contributed by atoms with van der Waals surface area (Å²) >= 11 is 0. The summed E-state index contributed by atoms with van der Waals surface area (Å²) in [7, 11) is 0. The Morgan fingerprint density at radius 3 is 1.67 bits per heavy atom. The van der Waals surface area contributed by atoms with Crippen LogP contribution in [0.1, 0.15) is 52.6 Å². The van der Waals surface area contributed by atoms with E-state index in [2.05, 4.69) is 63.9 Å². The third-order valence-electron chi connectivity index (χ3n) is 7.32. The molecule has 42 heavy (non-hydrogen) atoms. The van der Waals surface area contributed by atoms with Crippen molar-refractivity contribution in [2.45, 2.75) is 39.5 Å². The Hall–Kier alpha value is -5.10. The molecule has 0 aliphatic carbocycles. The maximum atomic E-state index is 12.6. The standard InChI is InChI=1S/C36H32N2O4/c1-36(2,3)42-35(41)31-9-5-7-25(19-31)23-38-17-15-27-11-13-29(21-33(27)38)28-12-10-26-14-16-37(32(26)20-28)22-24-6-4-8-30(18-24)34(39)40/h4-21H,22-23H2,1-3H3,(H,39,40). The average molecular weight is 557 g/mol. The third-order valence-corrected chi connectivity index (χ3v) is 7.32. The molecule has 0 unspecified atom stereocenters. The van der Waals surface area contributed by atoms with Crippen LogP contribution in [-0.2, 0) is 17.8 Å². The van der Waals surface area contributed by atoms with Crippen LogP contribution in [0.5, 0.6) is 0 Å². The van der Waals surface area contributed by atoms with Crippen LogP contribution in [0.3, 0.4) is 0 Å². The second-order valence-electron chi connectivity index (χ2n) is 11.6. The van der Waals surface area contributed by atoms with Gasteiger partial charge in [0.2, 0.25) is 0 Å². The van der Waals surface area contributed by atoms with Crippen molar-refractivity contribution in [2.75, 3.05) is 0 Å². The normalized spacial score (nSPS) is 11.7. The fourth-order valence-corrected chi connectivity index (χ4v) is 5.33. The lowest BCUT2D eigenvalue weighted by molar-refractivity contribution is 0.00691. The van der Waals surface area contributed by atoms with Crippen LogP contribution >= 0.6 is 0 Å². The first-order valence-electron chi connectivity index (χ1n) is 14.0. The van der Waals surface area contributed by atoms with Crippen molar-refractivity contribution in [2.24, 2.45) is 0 Å². The number of carboxylic acids is 1. The number of carbonyl (C=O) groups is 2. The zero-order valence-corrected chi connectivity index (χ0v) is 23.9. The summed E-state index contributed by atoms with van der Waals surface area (Å²) in [4.78, 5) is 24.0. The topological polar surface area (TPSA) is 73.5 Å². The van der Waals surface area contributed by atoms with Gasteiger partial charge in [-0.05, 0) is 102 Å². The molecule has 0 spiro atoms. The number of ether oxygens (including phenoxy) is 1. The summed E-state index contributed by atoms with van der Waals surface area (Å²) in [5.74, 6) is -1.24. The highest BCUT2D eigenvalue weighted by atomic mass is 16.6. The molecule has 0 radical (unpaired) electrons. The van der Waals surface area contributed by atoms with Crippen molar-refractivity contribution in [1.82, 2.24) is 9.13 Å². The molecule has 0 aliphatic rings. The van der Waals surface area contributed by atoms with Gasteiger partial charge < -0.3 is 19.0 Å². The predicted molar refractivity (Wildman–Crippen MR) is 166 cm³/mol. The van der Waals surface area contributed by atoms with Gasteiger partial charge in [0.15, 0.2) is 0 Å². The highest BCUT2D eigenvalue weighted by molar-refractivity contribution is 5.91. The molecule has 0 amide bonds. The number of carboxylic acid groups (broad SMARTS) is 1. The van der Waals surface area contributed by atoms with Gasteiger partial charge in [-0.3, -0.25) is 0 Å². The van der Waals surface area contributed by atoms with E-state index in [9.17, 15) is 14.7 Å².